The number of nitrogens with zero attached hydrogens (tertiary/aromatic N) is 1. The van der Waals surface area contributed by atoms with Gasteiger partial charge in [0.25, 0.3) is 0 Å². The topological polar surface area (TPSA) is 49.8 Å². The van der Waals surface area contributed by atoms with Gasteiger partial charge in [-0.3, -0.25) is 4.79 Å². The fourth-order valence-corrected chi connectivity index (χ4v) is 4.88. The molecule has 0 spiro atoms. The lowest BCUT2D eigenvalue weighted by Crippen LogP contribution is -2.54. The van der Waals surface area contributed by atoms with Crippen LogP contribution < -0.4 is 0 Å². The Morgan fingerprint density at radius 1 is 1.16 bits per heavy atom. The van der Waals surface area contributed by atoms with Crippen LogP contribution in [0.5, 0.6) is 0 Å². The van der Waals surface area contributed by atoms with Crippen molar-refractivity contribution < 1.29 is 14.6 Å². The molecule has 136 valence electrons. The first-order valence-corrected chi connectivity index (χ1v) is 9.88. The van der Waals surface area contributed by atoms with Gasteiger partial charge in [-0.1, -0.05) is 24.6 Å². The third kappa shape index (κ3) is 3.61. The van der Waals surface area contributed by atoms with Gasteiger partial charge in [-0.15, -0.1) is 0 Å². The van der Waals surface area contributed by atoms with Crippen molar-refractivity contribution in [2.24, 2.45) is 5.92 Å². The Hall–Kier alpha value is -1.39. The number of hydrogen-bond donors (Lipinski definition) is 1. The number of hydrogen-bond acceptors (Lipinski definition) is 3. The lowest BCUT2D eigenvalue weighted by Gasteiger charge is -2.40. The van der Waals surface area contributed by atoms with Crippen molar-refractivity contribution in [2.45, 2.75) is 63.5 Å². The van der Waals surface area contributed by atoms with Gasteiger partial charge >= 0.3 is 0 Å². The van der Waals surface area contributed by atoms with Crippen molar-refractivity contribution in [1.29, 1.82) is 0 Å². The summed E-state index contributed by atoms with van der Waals surface area (Å²) < 4.78 is 5.64. The number of rotatable bonds is 3. The van der Waals surface area contributed by atoms with E-state index in [1.54, 1.807) is 0 Å². The highest BCUT2D eigenvalue weighted by atomic mass is 16.5. The van der Waals surface area contributed by atoms with Crippen LogP contribution in [-0.2, 0) is 28.8 Å². The van der Waals surface area contributed by atoms with E-state index in [2.05, 4.69) is 18.2 Å². The summed E-state index contributed by atoms with van der Waals surface area (Å²) in [6.45, 7) is 1.82. The number of ether oxygens (including phenoxy) is 1. The van der Waals surface area contributed by atoms with E-state index in [4.69, 9.17) is 4.74 Å². The van der Waals surface area contributed by atoms with E-state index in [0.29, 0.717) is 26.2 Å². The predicted molar refractivity (Wildman–Crippen MR) is 96.5 cm³/mol. The van der Waals surface area contributed by atoms with E-state index in [1.165, 1.54) is 30.4 Å². The Balaban J connectivity index is 1.47. The number of aliphatic hydroxyl groups excluding tert-OH is 1. The van der Waals surface area contributed by atoms with Crippen molar-refractivity contribution in [1.82, 2.24) is 4.90 Å². The molecule has 3 aliphatic rings. The van der Waals surface area contributed by atoms with Crippen molar-refractivity contribution in [3.63, 3.8) is 0 Å². The molecular formula is C21H29NO3. The number of morpholine rings is 1. The highest BCUT2D eigenvalue weighted by Gasteiger charge is 2.39. The smallest absolute Gasteiger partial charge is 0.227 e. The molecule has 1 amide bonds. The van der Waals surface area contributed by atoms with Crippen molar-refractivity contribution in [2.75, 3.05) is 19.8 Å². The molecule has 3 unspecified atom stereocenters. The molecule has 1 aliphatic heterocycles. The molecule has 1 heterocycles. The monoisotopic (exact) mass is 343 g/mol. The molecule has 1 aromatic carbocycles. The Kier molecular flexibility index (Phi) is 5.09. The SMILES string of the molecule is O=C(Cc1ccc2c(c1)CCCC2)N1CCOCC1C1CCCC1O. The molecule has 1 aromatic rings. The summed E-state index contributed by atoms with van der Waals surface area (Å²) in [6.07, 6.45) is 7.94. The summed E-state index contributed by atoms with van der Waals surface area (Å²) in [7, 11) is 0. The number of fused-ring (bicyclic) bond motifs is 1. The number of carbonyl (C=O) groups is 1. The first kappa shape index (κ1) is 17.0. The molecule has 2 aliphatic carbocycles. The molecule has 0 bridgehead atoms. The summed E-state index contributed by atoms with van der Waals surface area (Å²) in [5, 5.41) is 10.3. The van der Waals surface area contributed by atoms with Crippen LogP contribution >= 0.6 is 0 Å². The van der Waals surface area contributed by atoms with Crippen molar-refractivity contribution in [3.8, 4) is 0 Å². The molecule has 1 saturated carbocycles. The molecule has 0 aromatic heterocycles. The van der Waals surface area contributed by atoms with Gasteiger partial charge in [0.1, 0.15) is 0 Å². The average Bonchev–Trinajstić information content (AvgIpc) is 3.07. The fourth-order valence-electron chi connectivity index (χ4n) is 4.88. The summed E-state index contributed by atoms with van der Waals surface area (Å²) in [4.78, 5) is 15.0. The Morgan fingerprint density at radius 3 is 2.80 bits per heavy atom. The molecule has 0 radical (unpaired) electrons. The van der Waals surface area contributed by atoms with E-state index in [0.717, 1.165) is 31.2 Å². The van der Waals surface area contributed by atoms with Crippen LogP contribution in [0.2, 0.25) is 0 Å². The first-order chi connectivity index (χ1) is 12.2. The van der Waals surface area contributed by atoms with Gasteiger partial charge in [0.2, 0.25) is 5.91 Å². The largest absolute Gasteiger partial charge is 0.393 e. The van der Waals surface area contributed by atoms with Gasteiger partial charge in [0.05, 0.1) is 31.8 Å². The first-order valence-electron chi connectivity index (χ1n) is 9.88. The third-order valence-corrected chi connectivity index (χ3v) is 6.28. The Labute approximate surface area is 150 Å². The number of benzene rings is 1. The minimum Gasteiger partial charge on any atom is -0.393 e. The molecule has 1 saturated heterocycles. The summed E-state index contributed by atoms with van der Waals surface area (Å²) in [5.41, 5.74) is 4.02. The van der Waals surface area contributed by atoms with E-state index in [1.807, 2.05) is 4.90 Å². The second-order valence-corrected chi connectivity index (χ2v) is 7.88. The normalized spacial score (nSPS) is 29.5. The van der Waals surface area contributed by atoms with Gasteiger partial charge in [0, 0.05) is 12.5 Å². The van der Waals surface area contributed by atoms with Gasteiger partial charge in [-0.05, 0) is 55.2 Å². The van der Waals surface area contributed by atoms with Crippen LogP contribution in [0.25, 0.3) is 0 Å². The lowest BCUT2D eigenvalue weighted by molar-refractivity contribution is -0.143. The highest BCUT2D eigenvalue weighted by molar-refractivity contribution is 5.79. The van der Waals surface area contributed by atoms with Crippen molar-refractivity contribution >= 4 is 5.91 Å². The maximum Gasteiger partial charge on any atom is 0.227 e. The maximum absolute atomic E-state index is 13.0. The molecule has 4 heteroatoms. The standard InChI is InChI=1S/C21H29NO3/c23-20-7-3-6-18(20)19-14-25-11-10-22(19)21(24)13-15-8-9-16-4-1-2-5-17(16)12-15/h8-9,12,18-20,23H,1-7,10-11,13-14H2. The molecule has 4 rings (SSSR count). The van der Waals surface area contributed by atoms with Crippen LogP contribution in [0, 0.1) is 5.92 Å². The molecule has 1 N–H and O–H groups in total. The van der Waals surface area contributed by atoms with E-state index < -0.39 is 0 Å². The fraction of sp³-hybridized carbons (Fsp3) is 0.667. The molecule has 3 atom stereocenters. The zero-order chi connectivity index (χ0) is 17.2. The summed E-state index contributed by atoms with van der Waals surface area (Å²) >= 11 is 0. The number of aliphatic hydroxyl groups is 1. The van der Waals surface area contributed by atoms with Gasteiger partial charge in [-0.25, -0.2) is 0 Å². The van der Waals surface area contributed by atoms with Gasteiger partial charge < -0.3 is 14.7 Å². The second kappa shape index (κ2) is 7.46. The third-order valence-electron chi connectivity index (χ3n) is 6.28. The molecular weight excluding hydrogens is 314 g/mol. The van der Waals surface area contributed by atoms with Crippen LogP contribution in [0.4, 0.5) is 0 Å². The average molecular weight is 343 g/mol. The minimum atomic E-state index is -0.286. The zero-order valence-corrected chi connectivity index (χ0v) is 15.0. The van der Waals surface area contributed by atoms with E-state index >= 15 is 0 Å². The van der Waals surface area contributed by atoms with Crippen molar-refractivity contribution in [3.05, 3.63) is 34.9 Å². The highest BCUT2D eigenvalue weighted by Crippen LogP contribution is 2.32. The van der Waals surface area contributed by atoms with Crippen LogP contribution in [-0.4, -0.2) is 47.8 Å². The quantitative estimate of drug-likeness (QED) is 0.917. The lowest BCUT2D eigenvalue weighted by atomic mass is 9.89. The predicted octanol–water partition coefficient (Wildman–Crippen LogP) is 2.50. The zero-order valence-electron chi connectivity index (χ0n) is 15.0. The summed E-state index contributed by atoms with van der Waals surface area (Å²) in [5.74, 6) is 0.357. The second-order valence-electron chi connectivity index (χ2n) is 7.88. The minimum absolute atomic E-state index is 0.0383. The van der Waals surface area contributed by atoms with Crippen LogP contribution in [0.3, 0.4) is 0 Å². The summed E-state index contributed by atoms with van der Waals surface area (Å²) in [6, 6.07) is 6.62. The van der Waals surface area contributed by atoms with Gasteiger partial charge in [0.15, 0.2) is 0 Å². The van der Waals surface area contributed by atoms with Crippen LogP contribution in [0.15, 0.2) is 18.2 Å². The Morgan fingerprint density at radius 2 is 2.00 bits per heavy atom. The molecule has 25 heavy (non-hydrogen) atoms. The molecule has 2 fully saturated rings. The van der Waals surface area contributed by atoms with E-state index in [9.17, 15) is 9.90 Å². The van der Waals surface area contributed by atoms with Crippen LogP contribution in [0.1, 0.15) is 48.8 Å². The van der Waals surface area contributed by atoms with Gasteiger partial charge in [-0.2, -0.15) is 0 Å². The Bertz CT molecular complexity index is 630. The molecule has 4 nitrogen and oxygen atoms in total. The number of amides is 1. The van der Waals surface area contributed by atoms with E-state index in [-0.39, 0.29) is 24.0 Å². The number of aryl methyl sites for hydroxylation is 2. The maximum atomic E-state index is 13.0. The number of carbonyl (C=O) groups excluding carboxylic acids is 1.